The Morgan fingerprint density at radius 1 is 1.08 bits per heavy atom. The van der Waals surface area contributed by atoms with Gasteiger partial charge < -0.3 is 19.9 Å². The Bertz CT molecular complexity index is 554. The van der Waals surface area contributed by atoms with E-state index in [1.54, 1.807) is 7.11 Å². The summed E-state index contributed by atoms with van der Waals surface area (Å²) in [5, 5.41) is 3.06. The van der Waals surface area contributed by atoms with Crippen LogP contribution >= 0.6 is 0 Å². The van der Waals surface area contributed by atoms with Crippen molar-refractivity contribution in [2.75, 3.05) is 53.0 Å². The third-order valence-electron chi connectivity index (χ3n) is 4.35. The lowest BCUT2D eigenvalue weighted by Gasteiger charge is -2.35. The molecule has 0 spiro atoms. The van der Waals surface area contributed by atoms with Crippen LogP contribution in [0.25, 0.3) is 0 Å². The molecule has 1 aliphatic heterocycles. The zero-order valence-corrected chi connectivity index (χ0v) is 14.6. The molecule has 132 valence electrons. The summed E-state index contributed by atoms with van der Waals surface area (Å²) in [7, 11) is 1.64. The van der Waals surface area contributed by atoms with Gasteiger partial charge in [0.15, 0.2) is 0 Å². The Hall–Kier alpha value is -1.92. The molecule has 1 saturated heterocycles. The van der Waals surface area contributed by atoms with E-state index in [0.717, 1.165) is 11.1 Å². The minimum absolute atomic E-state index is 0.0807. The average Bonchev–Trinajstić information content (AvgIpc) is 2.60. The fourth-order valence-corrected chi connectivity index (χ4v) is 2.77. The van der Waals surface area contributed by atoms with E-state index in [-0.39, 0.29) is 11.8 Å². The van der Waals surface area contributed by atoms with E-state index in [4.69, 9.17) is 4.74 Å². The number of benzene rings is 1. The van der Waals surface area contributed by atoms with Crippen LogP contribution < -0.4 is 5.32 Å². The first kappa shape index (κ1) is 18.4. The molecule has 0 unspecified atom stereocenters. The van der Waals surface area contributed by atoms with Crippen molar-refractivity contribution < 1.29 is 14.3 Å². The summed E-state index contributed by atoms with van der Waals surface area (Å²) in [5.74, 6) is 0.215. The van der Waals surface area contributed by atoms with Gasteiger partial charge in [-0.3, -0.25) is 9.59 Å². The first-order valence-electron chi connectivity index (χ1n) is 8.41. The summed E-state index contributed by atoms with van der Waals surface area (Å²) in [6.07, 6.45) is 0.430. The third kappa shape index (κ3) is 5.32. The number of methoxy groups -OCH3 is 1. The summed E-state index contributed by atoms with van der Waals surface area (Å²) < 4.78 is 4.94. The molecule has 1 fully saturated rings. The van der Waals surface area contributed by atoms with Crippen molar-refractivity contribution in [2.45, 2.75) is 13.3 Å². The van der Waals surface area contributed by atoms with Crippen molar-refractivity contribution in [3.05, 3.63) is 35.4 Å². The third-order valence-corrected chi connectivity index (χ3v) is 4.35. The van der Waals surface area contributed by atoms with E-state index >= 15 is 0 Å². The topological polar surface area (TPSA) is 61.9 Å². The second-order valence-electron chi connectivity index (χ2n) is 6.03. The van der Waals surface area contributed by atoms with Crippen LogP contribution in [0.3, 0.4) is 0 Å². The number of nitrogens with zero attached hydrogens (tertiary/aromatic N) is 2. The van der Waals surface area contributed by atoms with Gasteiger partial charge in [-0.05, 0) is 18.1 Å². The Labute approximate surface area is 143 Å². The average molecular weight is 333 g/mol. The highest BCUT2D eigenvalue weighted by atomic mass is 16.5. The van der Waals surface area contributed by atoms with E-state index in [9.17, 15) is 9.59 Å². The molecular formula is C18H27N3O3. The number of carbonyl (C=O) groups excluding carboxylic acids is 2. The summed E-state index contributed by atoms with van der Waals surface area (Å²) in [6, 6.07) is 7.96. The predicted octanol–water partition coefficient (Wildman–Crippen LogP) is 0.444. The summed E-state index contributed by atoms with van der Waals surface area (Å²) in [6.45, 7) is 6.01. The van der Waals surface area contributed by atoms with Gasteiger partial charge >= 0.3 is 0 Å². The molecule has 0 bridgehead atoms. The first-order chi connectivity index (χ1) is 11.6. The Morgan fingerprint density at radius 3 is 2.33 bits per heavy atom. The molecule has 0 saturated carbocycles. The van der Waals surface area contributed by atoms with Gasteiger partial charge in [0, 0.05) is 39.8 Å². The lowest BCUT2D eigenvalue weighted by Crippen LogP contribution is -2.52. The Balaban J connectivity index is 1.75. The molecule has 0 radical (unpaired) electrons. The Kier molecular flexibility index (Phi) is 7.21. The molecule has 2 amide bonds. The molecular weight excluding hydrogens is 306 g/mol. The van der Waals surface area contributed by atoms with Crippen LogP contribution in [0.4, 0.5) is 0 Å². The first-order valence-corrected chi connectivity index (χ1v) is 8.41. The van der Waals surface area contributed by atoms with Gasteiger partial charge in [0.2, 0.25) is 11.8 Å². The predicted molar refractivity (Wildman–Crippen MR) is 92.8 cm³/mol. The van der Waals surface area contributed by atoms with E-state index in [2.05, 4.69) is 5.32 Å². The number of hydrogen-bond acceptors (Lipinski definition) is 4. The lowest BCUT2D eigenvalue weighted by molar-refractivity contribution is -0.138. The largest absolute Gasteiger partial charge is 0.383 e. The fourth-order valence-electron chi connectivity index (χ4n) is 2.77. The fraction of sp³-hybridized carbons (Fsp3) is 0.556. The van der Waals surface area contributed by atoms with Crippen LogP contribution in [0.1, 0.15) is 11.1 Å². The number of amides is 2. The molecule has 24 heavy (non-hydrogen) atoms. The minimum atomic E-state index is 0.0807. The van der Waals surface area contributed by atoms with Gasteiger partial charge in [-0.15, -0.1) is 0 Å². The van der Waals surface area contributed by atoms with E-state index in [1.165, 1.54) is 0 Å². The highest BCUT2D eigenvalue weighted by molar-refractivity contribution is 5.81. The number of carbonyl (C=O) groups is 2. The Morgan fingerprint density at radius 2 is 1.71 bits per heavy atom. The number of rotatable bonds is 7. The summed E-state index contributed by atoms with van der Waals surface area (Å²) in [5.41, 5.74) is 2.21. The quantitative estimate of drug-likeness (QED) is 0.736. The number of nitrogens with one attached hydrogen (secondary N) is 1. The molecule has 6 nitrogen and oxygen atoms in total. The maximum atomic E-state index is 12.4. The van der Waals surface area contributed by atoms with Gasteiger partial charge in [-0.2, -0.15) is 0 Å². The molecule has 1 aliphatic rings. The van der Waals surface area contributed by atoms with E-state index < -0.39 is 0 Å². The zero-order chi connectivity index (χ0) is 17.4. The maximum absolute atomic E-state index is 12.4. The standard InChI is InChI=1S/C18H27N3O3/c1-15-5-3-4-6-16(15)13-17(22)20-8-10-21(11-9-20)18(23)14-19-7-12-24-2/h3-6,19H,7-14H2,1-2H3. The van der Waals surface area contributed by atoms with Gasteiger partial charge in [0.1, 0.15) is 0 Å². The normalized spacial score (nSPS) is 14.8. The van der Waals surface area contributed by atoms with Crippen LogP contribution in [-0.2, 0) is 20.7 Å². The molecule has 1 aromatic rings. The van der Waals surface area contributed by atoms with Crippen molar-refractivity contribution in [3.8, 4) is 0 Å². The van der Waals surface area contributed by atoms with Crippen LogP contribution in [0, 0.1) is 6.92 Å². The molecule has 1 N–H and O–H groups in total. The van der Waals surface area contributed by atoms with Gasteiger partial charge in [0.05, 0.1) is 19.6 Å². The second-order valence-corrected chi connectivity index (χ2v) is 6.03. The van der Waals surface area contributed by atoms with Crippen LogP contribution in [0.15, 0.2) is 24.3 Å². The number of aryl methyl sites for hydroxylation is 1. The number of piperazine rings is 1. The van der Waals surface area contributed by atoms with E-state index in [0.29, 0.717) is 52.3 Å². The molecule has 0 atom stereocenters. The SMILES string of the molecule is COCCNCC(=O)N1CCN(C(=O)Cc2ccccc2C)CC1. The van der Waals surface area contributed by atoms with Crippen molar-refractivity contribution in [1.82, 2.24) is 15.1 Å². The van der Waals surface area contributed by atoms with Gasteiger partial charge in [0.25, 0.3) is 0 Å². The summed E-state index contributed by atoms with van der Waals surface area (Å²) >= 11 is 0. The molecule has 0 aromatic heterocycles. The highest BCUT2D eigenvalue weighted by Crippen LogP contribution is 2.11. The van der Waals surface area contributed by atoms with Gasteiger partial charge in [-0.25, -0.2) is 0 Å². The lowest BCUT2D eigenvalue weighted by atomic mass is 10.1. The second kappa shape index (κ2) is 9.39. The van der Waals surface area contributed by atoms with E-state index in [1.807, 2.05) is 41.0 Å². The van der Waals surface area contributed by atoms with Crippen LogP contribution in [-0.4, -0.2) is 74.6 Å². The number of ether oxygens (including phenoxy) is 1. The summed E-state index contributed by atoms with van der Waals surface area (Å²) in [4.78, 5) is 28.2. The smallest absolute Gasteiger partial charge is 0.236 e. The highest BCUT2D eigenvalue weighted by Gasteiger charge is 2.23. The van der Waals surface area contributed by atoms with Crippen molar-refractivity contribution in [1.29, 1.82) is 0 Å². The van der Waals surface area contributed by atoms with Crippen LogP contribution in [0.2, 0.25) is 0 Å². The van der Waals surface area contributed by atoms with Crippen molar-refractivity contribution >= 4 is 11.8 Å². The molecule has 6 heteroatoms. The van der Waals surface area contributed by atoms with Crippen molar-refractivity contribution in [2.24, 2.45) is 0 Å². The minimum Gasteiger partial charge on any atom is -0.383 e. The monoisotopic (exact) mass is 333 g/mol. The molecule has 1 aromatic carbocycles. The van der Waals surface area contributed by atoms with Crippen molar-refractivity contribution in [3.63, 3.8) is 0 Å². The molecule has 2 rings (SSSR count). The van der Waals surface area contributed by atoms with Gasteiger partial charge in [-0.1, -0.05) is 24.3 Å². The van der Waals surface area contributed by atoms with Crippen LogP contribution in [0.5, 0.6) is 0 Å². The number of hydrogen-bond donors (Lipinski definition) is 1. The maximum Gasteiger partial charge on any atom is 0.236 e. The molecule has 1 heterocycles. The zero-order valence-electron chi connectivity index (χ0n) is 14.6. The molecule has 0 aliphatic carbocycles.